The van der Waals surface area contributed by atoms with E-state index in [0.717, 1.165) is 6.42 Å². The summed E-state index contributed by atoms with van der Waals surface area (Å²) in [7, 11) is 0. The number of amides is 2. The molecule has 3 rings (SSSR count). The summed E-state index contributed by atoms with van der Waals surface area (Å²) in [5, 5.41) is 9.24. The average molecular weight is 360 g/mol. The summed E-state index contributed by atoms with van der Waals surface area (Å²) in [5.41, 5.74) is 0. The van der Waals surface area contributed by atoms with Crippen molar-refractivity contribution in [3.63, 3.8) is 0 Å². The van der Waals surface area contributed by atoms with Gasteiger partial charge in [0, 0.05) is 25.6 Å². The zero-order valence-electron chi connectivity index (χ0n) is 14.7. The Kier molecular flexibility index (Phi) is 5.75. The van der Waals surface area contributed by atoms with Crippen molar-refractivity contribution in [3.05, 3.63) is 30.3 Å². The zero-order chi connectivity index (χ0) is 18.5. The van der Waals surface area contributed by atoms with E-state index in [-0.39, 0.29) is 24.3 Å². The molecule has 0 spiro atoms. The normalized spacial score (nSPS) is 20.8. The van der Waals surface area contributed by atoms with Gasteiger partial charge in [-0.1, -0.05) is 18.2 Å². The minimum absolute atomic E-state index is 0.0180. The van der Waals surface area contributed by atoms with Crippen molar-refractivity contribution in [2.45, 2.75) is 31.7 Å². The maximum absolute atomic E-state index is 12.6. The van der Waals surface area contributed by atoms with Crippen LogP contribution in [0, 0.1) is 5.92 Å². The lowest BCUT2D eigenvalue weighted by atomic mass is 9.95. The number of ether oxygens (including phenoxy) is 1. The molecule has 0 saturated carbocycles. The monoisotopic (exact) mass is 360 g/mol. The Hall–Kier alpha value is -2.57. The van der Waals surface area contributed by atoms with Crippen molar-refractivity contribution in [2.75, 3.05) is 26.2 Å². The van der Waals surface area contributed by atoms with E-state index in [1.807, 2.05) is 18.2 Å². The first kappa shape index (κ1) is 18.2. The van der Waals surface area contributed by atoms with Crippen molar-refractivity contribution in [1.82, 2.24) is 9.80 Å². The van der Waals surface area contributed by atoms with Crippen molar-refractivity contribution >= 4 is 17.8 Å². The molecule has 1 aromatic carbocycles. The standard InChI is InChI=1S/C19H24N2O5/c22-17(13-26-15-5-2-1-3-6-15)20-11-8-14(9-12-20)18(23)21-10-4-7-16(21)19(24)25/h1-3,5-6,14,16H,4,7-13H2,(H,24,25)/t16-/m0/s1. The van der Waals surface area contributed by atoms with Crippen LogP contribution >= 0.6 is 0 Å². The molecule has 1 atom stereocenters. The number of benzene rings is 1. The van der Waals surface area contributed by atoms with Crippen LogP contribution in [0.2, 0.25) is 0 Å². The van der Waals surface area contributed by atoms with Gasteiger partial charge >= 0.3 is 5.97 Å². The molecule has 2 heterocycles. The SMILES string of the molecule is O=C(O)[C@@H]1CCCN1C(=O)C1CCN(C(=O)COc2ccccc2)CC1. The number of para-hydroxylation sites is 1. The van der Waals surface area contributed by atoms with E-state index in [4.69, 9.17) is 4.74 Å². The van der Waals surface area contributed by atoms with Crippen LogP contribution in [0.5, 0.6) is 5.75 Å². The number of aliphatic carboxylic acids is 1. The topological polar surface area (TPSA) is 87.2 Å². The van der Waals surface area contributed by atoms with Crippen LogP contribution in [0.15, 0.2) is 30.3 Å². The fourth-order valence-electron chi connectivity index (χ4n) is 3.65. The molecule has 2 saturated heterocycles. The first-order chi connectivity index (χ1) is 12.6. The van der Waals surface area contributed by atoms with Crippen LogP contribution in [0.3, 0.4) is 0 Å². The van der Waals surface area contributed by atoms with Gasteiger partial charge in [0.05, 0.1) is 0 Å². The molecule has 1 N–H and O–H groups in total. The number of piperidine rings is 1. The summed E-state index contributed by atoms with van der Waals surface area (Å²) >= 11 is 0. The van der Waals surface area contributed by atoms with Crippen LogP contribution in [0.1, 0.15) is 25.7 Å². The second kappa shape index (κ2) is 8.21. The second-order valence-corrected chi connectivity index (χ2v) is 6.78. The van der Waals surface area contributed by atoms with Crippen molar-refractivity contribution < 1.29 is 24.2 Å². The van der Waals surface area contributed by atoms with E-state index < -0.39 is 12.0 Å². The molecule has 140 valence electrons. The highest BCUT2D eigenvalue weighted by atomic mass is 16.5. The number of likely N-dealkylation sites (tertiary alicyclic amines) is 2. The highest BCUT2D eigenvalue weighted by Crippen LogP contribution is 2.25. The van der Waals surface area contributed by atoms with Gasteiger partial charge < -0.3 is 19.6 Å². The van der Waals surface area contributed by atoms with Gasteiger partial charge in [0.15, 0.2) is 6.61 Å². The summed E-state index contributed by atoms with van der Waals surface area (Å²) in [6.07, 6.45) is 2.39. The highest BCUT2D eigenvalue weighted by Gasteiger charge is 2.38. The number of rotatable bonds is 5. The zero-order valence-corrected chi connectivity index (χ0v) is 14.7. The second-order valence-electron chi connectivity index (χ2n) is 6.78. The molecule has 2 fully saturated rings. The predicted octanol–water partition coefficient (Wildman–Crippen LogP) is 1.38. The average Bonchev–Trinajstić information content (AvgIpc) is 3.16. The van der Waals surface area contributed by atoms with E-state index in [2.05, 4.69) is 0 Å². The van der Waals surface area contributed by atoms with Crippen molar-refractivity contribution in [3.8, 4) is 5.75 Å². The summed E-state index contributed by atoms with van der Waals surface area (Å²) in [4.78, 5) is 39.4. The minimum atomic E-state index is -0.929. The van der Waals surface area contributed by atoms with Crippen molar-refractivity contribution in [2.24, 2.45) is 5.92 Å². The van der Waals surface area contributed by atoms with E-state index in [1.54, 1.807) is 17.0 Å². The summed E-state index contributed by atoms with van der Waals surface area (Å²) < 4.78 is 5.49. The summed E-state index contributed by atoms with van der Waals surface area (Å²) in [6, 6.07) is 8.48. The third-order valence-corrected chi connectivity index (χ3v) is 5.12. The van der Waals surface area contributed by atoms with E-state index in [1.165, 1.54) is 4.90 Å². The Morgan fingerprint density at radius 3 is 2.38 bits per heavy atom. The Morgan fingerprint density at radius 1 is 1.04 bits per heavy atom. The molecule has 0 unspecified atom stereocenters. The molecular formula is C19H24N2O5. The third-order valence-electron chi connectivity index (χ3n) is 5.12. The van der Waals surface area contributed by atoms with Crippen LogP contribution in [-0.4, -0.2) is 65.0 Å². The molecular weight excluding hydrogens is 336 g/mol. The maximum atomic E-state index is 12.6. The lowest BCUT2D eigenvalue weighted by Gasteiger charge is -2.34. The molecule has 26 heavy (non-hydrogen) atoms. The summed E-state index contributed by atoms with van der Waals surface area (Å²) in [5.74, 6) is -0.651. The Bertz CT molecular complexity index is 655. The molecule has 0 aromatic heterocycles. The van der Waals surface area contributed by atoms with Gasteiger partial charge in [-0.15, -0.1) is 0 Å². The number of hydrogen-bond acceptors (Lipinski definition) is 4. The van der Waals surface area contributed by atoms with Gasteiger partial charge in [0.2, 0.25) is 5.91 Å². The third kappa shape index (κ3) is 4.15. The highest BCUT2D eigenvalue weighted by molar-refractivity contribution is 5.86. The largest absolute Gasteiger partial charge is 0.484 e. The molecule has 7 nitrogen and oxygen atoms in total. The van der Waals surface area contributed by atoms with Crippen LogP contribution in [0.25, 0.3) is 0 Å². The van der Waals surface area contributed by atoms with Gasteiger partial charge in [-0.25, -0.2) is 4.79 Å². The minimum Gasteiger partial charge on any atom is -0.484 e. The first-order valence-corrected chi connectivity index (χ1v) is 9.05. The first-order valence-electron chi connectivity index (χ1n) is 9.05. The number of carbonyl (C=O) groups is 3. The molecule has 2 aliphatic heterocycles. The molecule has 2 aliphatic rings. The fourth-order valence-corrected chi connectivity index (χ4v) is 3.65. The lowest BCUT2D eigenvalue weighted by Crippen LogP contribution is -2.48. The van der Waals surface area contributed by atoms with Crippen LogP contribution in [-0.2, 0) is 14.4 Å². The number of carbonyl (C=O) groups excluding carboxylic acids is 2. The van der Waals surface area contributed by atoms with Gasteiger partial charge in [-0.05, 0) is 37.8 Å². The van der Waals surface area contributed by atoms with Gasteiger partial charge in [-0.3, -0.25) is 9.59 Å². The number of nitrogens with zero attached hydrogens (tertiary/aromatic N) is 2. The lowest BCUT2D eigenvalue weighted by molar-refractivity contribution is -0.151. The maximum Gasteiger partial charge on any atom is 0.326 e. The molecule has 1 aromatic rings. The number of carboxylic acid groups (broad SMARTS) is 1. The van der Waals surface area contributed by atoms with Crippen molar-refractivity contribution in [1.29, 1.82) is 0 Å². The van der Waals surface area contributed by atoms with Gasteiger partial charge in [-0.2, -0.15) is 0 Å². The Morgan fingerprint density at radius 2 is 1.73 bits per heavy atom. The van der Waals surface area contributed by atoms with E-state index in [9.17, 15) is 19.5 Å². The Balaban J connectivity index is 1.47. The smallest absolute Gasteiger partial charge is 0.326 e. The molecule has 0 radical (unpaired) electrons. The number of carboxylic acids is 1. The fraction of sp³-hybridized carbons (Fsp3) is 0.526. The van der Waals surface area contributed by atoms with E-state index in [0.29, 0.717) is 44.6 Å². The van der Waals surface area contributed by atoms with Gasteiger partial charge in [0.25, 0.3) is 5.91 Å². The quantitative estimate of drug-likeness (QED) is 0.857. The molecule has 0 bridgehead atoms. The van der Waals surface area contributed by atoms with Gasteiger partial charge in [0.1, 0.15) is 11.8 Å². The number of hydrogen-bond donors (Lipinski definition) is 1. The van der Waals surface area contributed by atoms with Crippen LogP contribution < -0.4 is 4.74 Å². The van der Waals surface area contributed by atoms with E-state index >= 15 is 0 Å². The summed E-state index contributed by atoms with van der Waals surface area (Å²) in [6.45, 7) is 1.49. The predicted molar refractivity (Wildman–Crippen MR) is 93.6 cm³/mol. The van der Waals surface area contributed by atoms with Crippen LogP contribution in [0.4, 0.5) is 0 Å². The Labute approximate surface area is 152 Å². The molecule has 7 heteroatoms. The molecule has 0 aliphatic carbocycles. The molecule has 2 amide bonds.